The number of hydrogen-bond donors (Lipinski definition) is 2. The summed E-state index contributed by atoms with van der Waals surface area (Å²) in [5.74, 6) is 0.0516. The van der Waals surface area contributed by atoms with Gasteiger partial charge in [0, 0.05) is 11.1 Å². The molecule has 0 saturated heterocycles. The van der Waals surface area contributed by atoms with Crippen molar-refractivity contribution in [2.45, 2.75) is 32.2 Å². The third-order valence-corrected chi connectivity index (χ3v) is 3.86. The van der Waals surface area contributed by atoms with Crippen LogP contribution in [0.1, 0.15) is 26.7 Å². The van der Waals surface area contributed by atoms with E-state index in [0.717, 1.165) is 0 Å². The standard InChI is InChI=1S/C14H19Cl2NO3/c1-3-14(4-2,9-18)17-13(19)8-20-12-7-10(15)5-6-11(12)16/h5-7,18H,3-4,8-9H2,1-2H3,(H,17,19). The third kappa shape index (κ3) is 4.54. The van der Waals surface area contributed by atoms with Gasteiger partial charge in [-0.2, -0.15) is 0 Å². The number of hydrogen-bond acceptors (Lipinski definition) is 3. The molecule has 0 aliphatic heterocycles. The number of ether oxygens (including phenoxy) is 1. The zero-order chi connectivity index (χ0) is 15.2. The first-order valence-electron chi connectivity index (χ1n) is 6.46. The molecular formula is C14H19Cl2NO3. The van der Waals surface area contributed by atoms with Crippen molar-refractivity contribution in [1.29, 1.82) is 0 Å². The fourth-order valence-corrected chi connectivity index (χ4v) is 2.09. The average molecular weight is 320 g/mol. The number of rotatable bonds is 7. The van der Waals surface area contributed by atoms with Crippen molar-refractivity contribution >= 4 is 29.1 Å². The van der Waals surface area contributed by atoms with Crippen LogP contribution in [0, 0.1) is 0 Å². The van der Waals surface area contributed by atoms with E-state index in [1.807, 2.05) is 13.8 Å². The monoisotopic (exact) mass is 319 g/mol. The summed E-state index contributed by atoms with van der Waals surface area (Å²) in [4.78, 5) is 11.9. The summed E-state index contributed by atoms with van der Waals surface area (Å²) in [5.41, 5.74) is -0.599. The highest BCUT2D eigenvalue weighted by Gasteiger charge is 2.27. The average Bonchev–Trinajstić information content (AvgIpc) is 2.46. The van der Waals surface area contributed by atoms with Crippen LogP contribution in [0.25, 0.3) is 0 Å². The second-order valence-electron chi connectivity index (χ2n) is 4.56. The van der Waals surface area contributed by atoms with Gasteiger partial charge in [0.1, 0.15) is 5.75 Å². The molecule has 1 aromatic rings. The quantitative estimate of drug-likeness (QED) is 0.812. The van der Waals surface area contributed by atoms with Crippen molar-refractivity contribution in [3.05, 3.63) is 28.2 Å². The van der Waals surface area contributed by atoms with E-state index in [1.54, 1.807) is 18.2 Å². The summed E-state index contributed by atoms with van der Waals surface area (Å²) < 4.78 is 5.35. The van der Waals surface area contributed by atoms with Crippen LogP contribution in [-0.4, -0.2) is 29.8 Å². The predicted molar refractivity (Wildman–Crippen MR) is 80.5 cm³/mol. The van der Waals surface area contributed by atoms with Gasteiger partial charge in [0.25, 0.3) is 5.91 Å². The highest BCUT2D eigenvalue weighted by atomic mass is 35.5. The molecule has 4 nitrogen and oxygen atoms in total. The molecule has 0 bridgehead atoms. The van der Waals surface area contributed by atoms with E-state index in [2.05, 4.69) is 5.32 Å². The number of aliphatic hydroxyl groups excluding tert-OH is 1. The zero-order valence-corrected chi connectivity index (χ0v) is 13.1. The lowest BCUT2D eigenvalue weighted by molar-refractivity contribution is -0.125. The molecule has 2 N–H and O–H groups in total. The van der Waals surface area contributed by atoms with Crippen LogP contribution in [0.2, 0.25) is 10.0 Å². The molecule has 0 atom stereocenters. The summed E-state index contributed by atoms with van der Waals surface area (Å²) in [5, 5.41) is 13.1. The Morgan fingerprint density at radius 1 is 1.35 bits per heavy atom. The van der Waals surface area contributed by atoms with Gasteiger partial charge < -0.3 is 15.2 Å². The smallest absolute Gasteiger partial charge is 0.258 e. The molecule has 0 fully saturated rings. The minimum atomic E-state index is -0.599. The summed E-state index contributed by atoms with van der Waals surface area (Å²) in [6, 6.07) is 4.80. The Kier molecular flexibility index (Phi) is 6.59. The minimum Gasteiger partial charge on any atom is -0.482 e. The Hall–Kier alpha value is -0.970. The number of benzene rings is 1. The SMILES string of the molecule is CCC(CC)(CO)NC(=O)COc1cc(Cl)ccc1Cl. The van der Waals surface area contributed by atoms with Gasteiger partial charge in [-0.15, -0.1) is 0 Å². The fraction of sp³-hybridized carbons (Fsp3) is 0.500. The second kappa shape index (κ2) is 7.72. The van der Waals surface area contributed by atoms with Crippen LogP contribution < -0.4 is 10.1 Å². The lowest BCUT2D eigenvalue weighted by atomic mass is 9.94. The van der Waals surface area contributed by atoms with Crippen LogP contribution in [0.15, 0.2) is 18.2 Å². The molecule has 112 valence electrons. The molecule has 0 aliphatic rings. The van der Waals surface area contributed by atoms with E-state index >= 15 is 0 Å². The van der Waals surface area contributed by atoms with Gasteiger partial charge in [-0.25, -0.2) is 0 Å². The van der Waals surface area contributed by atoms with Crippen molar-refractivity contribution in [2.75, 3.05) is 13.2 Å². The Labute approximate surface area is 129 Å². The molecule has 0 heterocycles. The molecule has 0 aliphatic carbocycles. The summed E-state index contributed by atoms with van der Waals surface area (Å²) >= 11 is 11.8. The van der Waals surface area contributed by atoms with Crippen LogP contribution in [0.3, 0.4) is 0 Å². The number of carbonyl (C=O) groups is 1. The Morgan fingerprint density at radius 3 is 2.55 bits per heavy atom. The Balaban J connectivity index is 2.61. The van der Waals surface area contributed by atoms with Crippen LogP contribution in [0.5, 0.6) is 5.75 Å². The van der Waals surface area contributed by atoms with Crippen LogP contribution in [-0.2, 0) is 4.79 Å². The molecule has 1 rings (SSSR count). The molecule has 0 aromatic heterocycles. The lowest BCUT2D eigenvalue weighted by Gasteiger charge is -2.30. The van der Waals surface area contributed by atoms with Gasteiger partial charge >= 0.3 is 0 Å². The normalized spacial score (nSPS) is 11.2. The number of amides is 1. The highest BCUT2D eigenvalue weighted by Crippen LogP contribution is 2.27. The Bertz CT molecular complexity index is 453. The third-order valence-electron chi connectivity index (χ3n) is 3.31. The van der Waals surface area contributed by atoms with E-state index in [9.17, 15) is 9.90 Å². The molecule has 0 saturated carbocycles. The minimum absolute atomic E-state index is 0.107. The van der Waals surface area contributed by atoms with Crippen LogP contribution >= 0.6 is 23.2 Å². The van der Waals surface area contributed by atoms with Crippen molar-refractivity contribution in [3.8, 4) is 5.75 Å². The number of halogens is 2. The van der Waals surface area contributed by atoms with E-state index in [4.69, 9.17) is 27.9 Å². The molecule has 20 heavy (non-hydrogen) atoms. The number of aliphatic hydroxyl groups is 1. The van der Waals surface area contributed by atoms with Gasteiger partial charge in [-0.1, -0.05) is 37.0 Å². The maximum absolute atomic E-state index is 11.9. The number of nitrogens with one attached hydrogen (secondary N) is 1. The highest BCUT2D eigenvalue weighted by molar-refractivity contribution is 6.34. The molecule has 0 unspecified atom stereocenters. The first-order chi connectivity index (χ1) is 9.46. The van der Waals surface area contributed by atoms with E-state index in [-0.39, 0.29) is 19.1 Å². The van der Waals surface area contributed by atoms with E-state index in [0.29, 0.717) is 28.6 Å². The molecule has 1 aromatic carbocycles. The van der Waals surface area contributed by atoms with Crippen molar-refractivity contribution in [3.63, 3.8) is 0 Å². The summed E-state index contributed by atoms with van der Waals surface area (Å²) in [6.07, 6.45) is 1.29. The molecule has 1 amide bonds. The van der Waals surface area contributed by atoms with Crippen molar-refractivity contribution < 1.29 is 14.6 Å². The zero-order valence-electron chi connectivity index (χ0n) is 11.6. The van der Waals surface area contributed by atoms with Gasteiger partial charge in [-0.05, 0) is 25.0 Å². The molecule has 0 spiro atoms. The van der Waals surface area contributed by atoms with Crippen molar-refractivity contribution in [1.82, 2.24) is 5.32 Å². The molecule has 0 radical (unpaired) electrons. The predicted octanol–water partition coefficient (Wildman–Crippen LogP) is 3.04. The van der Waals surface area contributed by atoms with E-state index in [1.165, 1.54) is 0 Å². The number of carbonyl (C=O) groups excluding carboxylic acids is 1. The molecule has 6 heteroatoms. The first kappa shape index (κ1) is 17.1. The maximum Gasteiger partial charge on any atom is 0.258 e. The van der Waals surface area contributed by atoms with Crippen molar-refractivity contribution in [2.24, 2.45) is 0 Å². The summed E-state index contributed by atoms with van der Waals surface area (Å²) in [7, 11) is 0. The Morgan fingerprint density at radius 2 is 2.00 bits per heavy atom. The van der Waals surface area contributed by atoms with Crippen LogP contribution in [0.4, 0.5) is 0 Å². The van der Waals surface area contributed by atoms with E-state index < -0.39 is 5.54 Å². The molecular weight excluding hydrogens is 301 g/mol. The fourth-order valence-electron chi connectivity index (χ4n) is 1.75. The first-order valence-corrected chi connectivity index (χ1v) is 7.21. The second-order valence-corrected chi connectivity index (χ2v) is 5.40. The van der Waals surface area contributed by atoms with Gasteiger partial charge in [0.05, 0.1) is 17.2 Å². The largest absolute Gasteiger partial charge is 0.482 e. The maximum atomic E-state index is 11.9. The van der Waals surface area contributed by atoms with Gasteiger partial charge in [0.2, 0.25) is 0 Å². The summed E-state index contributed by atoms with van der Waals surface area (Å²) in [6.45, 7) is 3.54. The lowest BCUT2D eigenvalue weighted by Crippen LogP contribution is -2.51. The topological polar surface area (TPSA) is 58.6 Å². The van der Waals surface area contributed by atoms with Gasteiger partial charge in [0.15, 0.2) is 6.61 Å². The van der Waals surface area contributed by atoms with Gasteiger partial charge in [-0.3, -0.25) is 4.79 Å².